The molecule has 2 aromatic carbocycles. The second kappa shape index (κ2) is 8.66. The number of sulfone groups is 1. The Balaban J connectivity index is 0.00000243. The number of halogens is 1. The molecule has 1 aliphatic rings. The Bertz CT molecular complexity index is 852. The van der Waals surface area contributed by atoms with E-state index in [1.54, 1.807) is 36.4 Å². The largest absolute Gasteiger partial charge is 0.348 e. The van der Waals surface area contributed by atoms with Crippen LogP contribution in [0.3, 0.4) is 0 Å². The predicted molar refractivity (Wildman–Crippen MR) is 104 cm³/mol. The van der Waals surface area contributed by atoms with Gasteiger partial charge in [0.1, 0.15) is 0 Å². The fraction of sp³-hybridized carbons (Fsp3) is 0.316. The van der Waals surface area contributed by atoms with Crippen LogP contribution in [0.15, 0.2) is 59.5 Å². The third-order valence-corrected chi connectivity index (χ3v) is 6.10. The molecule has 0 aromatic heterocycles. The number of carbonyl (C=O) groups excluding carboxylic acids is 1. The van der Waals surface area contributed by atoms with Gasteiger partial charge in [0, 0.05) is 18.2 Å². The summed E-state index contributed by atoms with van der Waals surface area (Å²) in [6.07, 6.45) is 2.15. The van der Waals surface area contributed by atoms with Crippen LogP contribution >= 0.6 is 12.4 Å². The molecular weight excluding hydrogens is 372 g/mol. The molecule has 7 heteroatoms. The zero-order valence-corrected chi connectivity index (χ0v) is 15.9. The van der Waals surface area contributed by atoms with Gasteiger partial charge in [-0.2, -0.15) is 0 Å². The Morgan fingerprint density at radius 1 is 1.12 bits per heavy atom. The number of amides is 1. The standard InChI is InChI=1S/C19H22N2O3S.ClH/c20-12-18(15-9-10-15)21-19(22)16-7-4-8-17(11-16)25(23,24)13-14-5-2-1-3-6-14;/h1-8,11,15,18H,9-10,12-13,20H2,(H,21,22);1H. The van der Waals surface area contributed by atoms with Crippen LogP contribution in [0.4, 0.5) is 0 Å². The zero-order valence-electron chi connectivity index (χ0n) is 14.3. The van der Waals surface area contributed by atoms with Crippen LogP contribution in [0.2, 0.25) is 0 Å². The molecule has 0 aliphatic heterocycles. The van der Waals surface area contributed by atoms with E-state index in [2.05, 4.69) is 5.32 Å². The Morgan fingerprint density at radius 2 is 1.81 bits per heavy atom. The molecule has 1 aliphatic carbocycles. The summed E-state index contributed by atoms with van der Waals surface area (Å²) in [7, 11) is -3.51. The fourth-order valence-corrected chi connectivity index (χ4v) is 4.22. The summed E-state index contributed by atoms with van der Waals surface area (Å²) in [4.78, 5) is 12.6. The molecule has 140 valence electrons. The average Bonchev–Trinajstić information content (AvgIpc) is 3.45. The summed E-state index contributed by atoms with van der Waals surface area (Å²) in [6, 6.07) is 15.1. The summed E-state index contributed by atoms with van der Waals surface area (Å²) < 4.78 is 25.2. The van der Waals surface area contributed by atoms with Crippen LogP contribution < -0.4 is 11.1 Å². The van der Waals surface area contributed by atoms with Gasteiger partial charge in [-0.15, -0.1) is 12.4 Å². The molecule has 26 heavy (non-hydrogen) atoms. The number of carbonyl (C=O) groups is 1. The van der Waals surface area contributed by atoms with Crippen LogP contribution in [0.5, 0.6) is 0 Å². The first kappa shape index (κ1) is 20.4. The van der Waals surface area contributed by atoms with Gasteiger partial charge in [-0.1, -0.05) is 36.4 Å². The number of benzene rings is 2. The first-order chi connectivity index (χ1) is 12.0. The Labute approximate surface area is 160 Å². The molecule has 0 spiro atoms. The molecule has 3 rings (SSSR count). The van der Waals surface area contributed by atoms with Gasteiger partial charge in [-0.3, -0.25) is 4.79 Å². The van der Waals surface area contributed by atoms with Crippen molar-refractivity contribution in [3.05, 3.63) is 65.7 Å². The molecular formula is C19H23ClN2O3S. The van der Waals surface area contributed by atoms with E-state index in [0.717, 1.165) is 12.8 Å². The molecule has 0 radical (unpaired) electrons. The second-order valence-corrected chi connectivity index (χ2v) is 8.42. The molecule has 1 saturated carbocycles. The first-order valence-electron chi connectivity index (χ1n) is 8.37. The number of rotatable bonds is 7. The highest BCUT2D eigenvalue weighted by atomic mass is 35.5. The number of hydrogen-bond acceptors (Lipinski definition) is 4. The molecule has 2 aromatic rings. The van der Waals surface area contributed by atoms with Gasteiger partial charge in [-0.25, -0.2) is 8.42 Å². The summed E-state index contributed by atoms with van der Waals surface area (Å²) in [5, 5.41) is 2.91. The monoisotopic (exact) mass is 394 g/mol. The number of nitrogens with one attached hydrogen (secondary N) is 1. The van der Waals surface area contributed by atoms with Crippen LogP contribution in [0.25, 0.3) is 0 Å². The van der Waals surface area contributed by atoms with Crippen LogP contribution in [0.1, 0.15) is 28.8 Å². The van der Waals surface area contributed by atoms with Crippen molar-refractivity contribution >= 4 is 28.2 Å². The highest BCUT2D eigenvalue weighted by Crippen LogP contribution is 2.32. The van der Waals surface area contributed by atoms with Gasteiger partial charge in [0.25, 0.3) is 5.91 Å². The third-order valence-electron chi connectivity index (χ3n) is 4.42. The SMILES string of the molecule is Cl.NCC(NC(=O)c1cccc(S(=O)(=O)Cc2ccccc2)c1)C1CC1. The van der Waals surface area contributed by atoms with Crippen LogP contribution in [-0.2, 0) is 15.6 Å². The van der Waals surface area contributed by atoms with Gasteiger partial charge in [0.15, 0.2) is 9.84 Å². The fourth-order valence-electron chi connectivity index (χ4n) is 2.83. The summed E-state index contributed by atoms with van der Waals surface area (Å²) in [6.45, 7) is 0.391. The highest BCUT2D eigenvalue weighted by Gasteiger charge is 2.31. The van der Waals surface area contributed by atoms with Crippen molar-refractivity contribution in [3.63, 3.8) is 0 Å². The van der Waals surface area contributed by atoms with Crippen molar-refractivity contribution < 1.29 is 13.2 Å². The lowest BCUT2D eigenvalue weighted by Gasteiger charge is -2.16. The first-order valence-corrected chi connectivity index (χ1v) is 10.0. The smallest absolute Gasteiger partial charge is 0.251 e. The summed E-state index contributed by atoms with van der Waals surface area (Å²) >= 11 is 0. The molecule has 1 atom stereocenters. The molecule has 3 N–H and O–H groups in total. The lowest BCUT2D eigenvalue weighted by molar-refractivity contribution is 0.0933. The van der Waals surface area contributed by atoms with E-state index in [-0.39, 0.29) is 35.0 Å². The van der Waals surface area contributed by atoms with Gasteiger partial charge in [-0.05, 0) is 42.5 Å². The lowest BCUT2D eigenvalue weighted by atomic mass is 10.1. The van der Waals surface area contributed by atoms with E-state index in [9.17, 15) is 13.2 Å². The predicted octanol–water partition coefficient (Wildman–Crippen LogP) is 2.55. The molecule has 1 amide bonds. The van der Waals surface area contributed by atoms with E-state index in [1.807, 2.05) is 6.07 Å². The van der Waals surface area contributed by atoms with Crippen LogP contribution in [-0.4, -0.2) is 26.9 Å². The minimum atomic E-state index is -3.51. The lowest BCUT2D eigenvalue weighted by Crippen LogP contribution is -2.41. The molecule has 0 saturated heterocycles. The molecule has 0 bridgehead atoms. The van der Waals surface area contributed by atoms with E-state index in [4.69, 9.17) is 5.73 Å². The van der Waals surface area contributed by atoms with Crippen molar-refractivity contribution in [1.29, 1.82) is 0 Å². The summed E-state index contributed by atoms with van der Waals surface area (Å²) in [5.74, 6) is 0.0740. The molecule has 5 nitrogen and oxygen atoms in total. The van der Waals surface area contributed by atoms with Gasteiger partial charge in [0.2, 0.25) is 0 Å². The maximum atomic E-state index is 12.6. The minimum absolute atomic E-state index is 0. The van der Waals surface area contributed by atoms with Crippen molar-refractivity contribution in [1.82, 2.24) is 5.32 Å². The maximum absolute atomic E-state index is 12.6. The Kier molecular flexibility index (Phi) is 6.81. The second-order valence-electron chi connectivity index (χ2n) is 6.43. The van der Waals surface area contributed by atoms with E-state index in [1.165, 1.54) is 12.1 Å². The van der Waals surface area contributed by atoms with Crippen LogP contribution in [0, 0.1) is 5.92 Å². The topological polar surface area (TPSA) is 89.3 Å². The maximum Gasteiger partial charge on any atom is 0.251 e. The van der Waals surface area contributed by atoms with Crippen molar-refractivity contribution in [2.45, 2.75) is 29.5 Å². The average molecular weight is 395 g/mol. The summed E-state index contributed by atoms with van der Waals surface area (Å²) in [5.41, 5.74) is 6.77. The Hall–Kier alpha value is -1.89. The normalized spacial score (nSPS) is 15.0. The highest BCUT2D eigenvalue weighted by molar-refractivity contribution is 7.90. The van der Waals surface area contributed by atoms with Crippen molar-refractivity contribution in [2.75, 3.05) is 6.54 Å². The van der Waals surface area contributed by atoms with E-state index >= 15 is 0 Å². The van der Waals surface area contributed by atoms with Gasteiger partial charge < -0.3 is 11.1 Å². The number of hydrogen-bond donors (Lipinski definition) is 2. The molecule has 1 fully saturated rings. The minimum Gasteiger partial charge on any atom is -0.348 e. The van der Waals surface area contributed by atoms with E-state index < -0.39 is 9.84 Å². The zero-order chi connectivity index (χ0) is 17.9. The number of nitrogens with two attached hydrogens (primary N) is 1. The molecule has 0 heterocycles. The van der Waals surface area contributed by atoms with Crippen molar-refractivity contribution in [2.24, 2.45) is 11.7 Å². The van der Waals surface area contributed by atoms with E-state index in [0.29, 0.717) is 23.6 Å². The Morgan fingerprint density at radius 3 is 2.42 bits per heavy atom. The quantitative estimate of drug-likeness (QED) is 0.755. The third kappa shape index (κ3) is 5.06. The van der Waals surface area contributed by atoms with Crippen molar-refractivity contribution in [3.8, 4) is 0 Å². The van der Waals surface area contributed by atoms with Gasteiger partial charge in [0.05, 0.1) is 10.6 Å². The molecule has 1 unspecified atom stereocenters. The van der Waals surface area contributed by atoms with Gasteiger partial charge >= 0.3 is 0 Å².